The van der Waals surface area contributed by atoms with Crippen LogP contribution in [0.2, 0.25) is 0 Å². The summed E-state index contributed by atoms with van der Waals surface area (Å²) in [5.41, 5.74) is 0.988. The lowest BCUT2D eigenvalue weighted by Crippen LogP contribution is -2.37. The van der Waals surface area contributed by atoms with Crippen molar-refractivity contribution in [1.82, 2.24) is 10.2 Å². The zero-order valence-electron chi connectivity index (χ0n) is 17.2. The fourth-order valence-electron chi connectivity index (χ4n) is 3.21. The van der Waals surface area contributed by atoms with Crippen LogP contribution in [0.4, 0.5) is 0 Å². The van der Waals surface area contributed by atoms with Crippen LogP contribution >= 0.6 is 0 Å². The quantitative estimate of drug-likeness (QED) is 0.595. The van der Waals surface area contributed by atoms with Gasteiger partial charge in [0.2, 0.25) is 0 Å². The van der Waals surface area contributed by atoms with Crippen LogP contribution in [0, 0.1) is 5.92 Å². The minimum Gasteiger partial charge on any atom is -0.464 e. The zero-order chi connectivity index (χ0) is 19.6. The maximum Gasteiger partial charge on any atom is 0.327 e. The first-order valence-electron chi connectivity index (χ1n) is 10.2. The maximum atomic E-state index is 12.9. The van der Waals surface area contributed by atoms with Crippen molar-refractivity contribution in [3.8, 4) is 0 Å². The van der Waals surface area contributed by atoms with E-state index >= 15 is 0 Å². The van der Waals surface area contributed by atoms with Crippen LogP contribution in [0.1, 0.15) is 45.7 Å². The van der Waals surface area contributed by atoms with Gasteiger partial charge in [-0.05, 0) is 41.8 Å². The van der Waals surface area contributed by atoms with E-state index in [4.69, 9.17) is 4.74 Å². The molecule has 2 aromatic carbocycles. The first kappa shape index (κ1) is 21.4. The molecule has 4 nitrogen and oxygen atoms in total. The number of ether oxygens (including phenoxy) is 1. The summed E-state index contributed by atoms with van der Waals surface area (Å²) < 4.78 is 5.61. The molecule has 1 unspecified atom stereocenters. The summed E-state index contributed by atoms with van der Waals surface area (Å²) in [6, 6.07) is 13.9. The number of carbonyl (C=O) groups is 1. The van der Waals surface area contributed by atoms with Crippen LogP contribution in [0.15, 0.2) is 42.5 Å². The van der Waals surface area contributed by atoms with E-state index in [1.165, 1.54) is 0 Å². The van der Waals surface area contributed by atoms with Crippen molar-refractivity contribution in [2.24, 2.45) is 5.92 Å². The van der Waals surface area contributed by atoms with E-state index in [9.17, 15) is 4.79 Å². The third kappa shape index (κ3) is 6.33. The molecule has 2 rings (SSSR count). The smallest absolute Gasteiger partial charge is 0.327 e. The molecule has 0 saturated carbocycles. The fourth-order valence-corrected chi connectivity index (χ4v) is 3.21. The summed E-state index contributed by atoms with van der Waals surface area (Å²) in [6.07, 6.45) is 0.882. The van der Waals surface area contributed by atoms with Crippen LogP contribution in [0.5, 0.6) is 0 Å². The fraction of sp³-hybridized carbons (Fsp3) is 0.522. The summed E-state index contributed by atoms with van der Waals surface area (Å²) in [5.74, 6) is 0.330. The Bertz CT molecular complexity index is 705. The van der Waals surface area contributed by atoms with E-state index in [0.717, 1.165) is 48.9 Å². The average molecular weight is 371 g/mol. The van der Waals surface area contributed by atoms with E-state index in [-0.39, 0.29) is 5.97 Å². The number of benzene rings is 2. The highest BCUT2D eigenvalue weighted by Crippen LogP contribution is 2.25. The van der Waals surface area contributed by atoms with Gasteiger partial charge in [-0.3, -0.25) is 5.32 Å². The number of fused-ring (bicyclic) bond motifs is 1. The van der Waals surface area contributed by atoms with Gasteiger partial charge in [0.05, 0.1) is 6.61 Å². The third-order valence-corrected chi connectivity index (χ3v) is 4.98. The molecule has 1 N–H and O–H groups in total. The Morgan fingerprint density at radius 3 is 2.48 bits per heavy atom. The number of nitrogens with zero attached hydrogens (tertiary/aromatic N) is 1. The molecule has 148 valence electrons. The van der Waals surface area contributed by atoms with E-state index < -0.39 is 6.04 Å². The van der Waals surface area contributed by atoms with E-state index in [0.29, 0.717) is 12.5 Å². The molecule has 0 spiro atoms. The number of hydrogen-bond donors (Lipinski definition) is 1. The third-order valence-electron chi connectivity index (χ3n) is 4.98. The van der Waals surface area contributed by atoms with Gasteiger partial charge in [-0.15, -0.1) is 0 Å². The van der Waals surface area contributed by atoms with Gasteiger partial charge in [-0.25, -0.2) is 4.79 Å². The highest BCUT2D eigenvalue weighted by atomic mass is 16.5. The standard InChI is InChI=1S/C23H34N2O2/c1-5-25(6-2)16-15-24-22(23(26)27-17-14-18(3)4)21-13-9-11-19-10-7-8-12-20(19)21/h7-13,18,22,24H,5-6,14-17H2,1-4H3. The van der Waals surface area contributed by atoms with Gasteiger partial charge in [0.15, 0.2) is 0 Å². The molecule has 0 heterocycles. The lowest BCUT2D eigenvalue weighted by molar-refractivity contribution is -0.146. The predicted molar refractivity (Wildman–Crippen MR) is 113 cm³/mol. The zero-order valence-corrected chi connectivity index (χ0v) is 17.2. The van der Waals surface area contributed by atoms with E-state index in [1.54, 1.807) is 0 Å². The number of likely N-dealkylation sites (N-methyl/N-ethyl adjacent to an activating group) is 1. The molecule has 0 amide bonds. The lowest BCUT2D eigenvalue weighted by Gasteiger charge is -2.23. The first-order chi connectivity index (χ1) is 13.1. The highest BCUT2D eigenvalue weighted by Gasteiger charge is 2.23. The monoisotopic (exact) mass is 370 g/mol. The van der Waals surface area contributed by atoms with Crippen LogP contribution in [-0.4, -0.2) is 43.7 Å². The lowest BCUT2D eigenvalue weighted by atomic mass is 9.98. The molecule has 4 heteroatoms. The molecule has 0 bridgehead atoms. The topological polar surface area (TPSA) is 41.6 Å². The Labute approximate surface area is 163 Å². The van der Waals surface area contributed by atoms with Gasteiger partial charge in [-0.1, -0.05) is 70.2 Å². The molecular weight excluding hydrogens is 336 g/mol. The molecule has 2 aromatic rings. The second-order valence-electron chi connectivity index (χ2n) is 7.33. The summed E-state index contributed by atoms with van der Waals surface area (Å²) >= 11 is 0. The molecule has 1 atom stereocenters. The number of hydrogen-bond acceptors (Lipinski definition) is 4. The van der Waals surface area contributed by atoms with Crippen LogP contribution in [-0.2, 0) is 9.53 Å². The van der Waals surface area contributed by atoms with Crippen molar-refractivity contribution in [3.05, 3.63) is 48.0 Å². The second kappa shape index (κ2) is 11.1. The molecule has 0 aliphatic rings. The molecule has 0 aromatic heterocycles. The average Bonchev–Trinajstić information content (AvgIpc) is 2.67. The number of nitrogens with one attached hydrogen (secondary N) is 1. The first-order valence-corrected chi connectivity index (χ1v) is 10.2. The Kier molecular flexibility index (Phi) is 8.76. The van der Waals surface area contributed by atoms with Crippen LogP contribution in [0.25, 0.3) is 10.8 Å². The van der Waals surface area contributed by atoms with Gasteiger partial charge in [-0.2, -0.15) is 0 Å². The van der Waals surface area contributed by atoms with Crippen molar-refractivity contribution in [2.75, 3.05) is 32.8 Å². The molecule has 0 aliphatic heterocycles. The molecule has 0 fully saturated rings. The number of carbonyl (C=O) groups excluding carboxylic acids is 1. The summed E-state index contributed by atoms with van der Waals surface area (Å²) in [7, 11) is 0. The Balaban J connectivity index is 2.18. The Morgan fingerprint density at radius 2 is 1.78 bits per heavy atom. The van der Waals surface area contributed by atoms with Gasteiger partial charge < -0.3 is 9.64 Å². The Morgan fingerprint density at radius 1 is 1.07 bits per heavy atom. The van der Waals surface area contributed by atoms with Crippen molar-refractivity contribution >= 4 is 16.7 Å². The number of rotatable bonds is 11. The second-order valence-corrected chi connectivity index (χ2v) is 7.33. The molecule has 27 heavy (non-hydrogen) atoms. The van der Waals surface area contributed by atoms with Crippen molar-refractivity contribution in [1.29, 1.82) is 0 Å². The molecular formula is C23H34N2O2. The maximum absolute atomic E-state index is 12.9. The van der Waals surface area contributed by atoms with Crippen molar-refractivity contribution < 1.29 is 9.53 Å². The van der Waals surface area contributed by atoms with Crippen molar-refractivity contribution in [2.45, 2.75) is 40.2 Å². The highest BCUT2D eigenvalue weighted by molar-refractivity contribution is 5.91. The summed E-state index contributed by atoms with van der Waals surface area (Å²) in [6.45, 7) is 12.7. The minimum absolute atomic E-state index is 0.188. The largest absolute Gasteiger partial charge is 0.464 e. The summed E-state index contributed by atoms with van der Waals surface area (Å²) in [5, 5.41) is 5.69. The SMILES string of the molecule is CCN(CC)CCNC(C(=O)OCCC(C)C)c1cccc2ccccc12. The van der Waals surface area contributed by atoms with Gasteiger partial charge in [0, 0.05) is 13.1 Å². The Hall–Kier alpha value is -1.91. The van der Waals surface area contributed by atoms with E-state index in [1.807, 2.05) is 24.3 Å². The molecule has 0 aliphatic carbocycles. The van der Waals surface area contributed by atoms with Gasteiger partial charge in [0.25, 0.3) is 0 Å². The van der Waals surface area contributed by atoms with E-state index in [2.05, 4.69) is 56.1 Å². The predicted octanol–water partition coefficient (Wildman–Crippen LogP) is 4.40. The van der Waals surface area contributed by atoms with Crippen LogP contribution in [0.3, 0.4) is 0 Å². The molecule has 0 saturated heterocycles. The van der Waals surface area contributed by atoms with Gasteiger partial charge >= 0.3 is 5.97 Å². The number of esters is 1. The van der Waals surface area contributed by atoms with Gasteiger partial charge in [0.1, 0.15) is 6.04 Å². The normalized spacial score (nSPS) is 12.7. The van der Waals surface area contributed by atoms with Crippen LogP contribution < -0.4 is 5.32 Å². The minimum atomic E-state index is -0.446. The summed E-state index contributed by atoms with van der Waals surface area (Å²) in [4.78, 5) is 15.2. The molecule has 0 radical (unpaired) electrons. The van der Waals surface area contributed by atoms with Crippen molar-refractivity contribution in [3.63, 3.8) is 0 Å².